The van der Waals surface area contributed by atoms with Gasteiger partial charge in [-0.15, -0.1) is 0 Å². The summed E-state index contributed by atoms with van der Waals surface area (Å²) >= 11 is 0. The molecule has 10 heteroatoms. The minimum atomic E-state index is -3.89. The molecule has 0 spiro atoms. The number of nitrogens with zero attached hydrogens (tertiary/aromatic N) is 3. The normalized spacial score (nSPS) is 11.2. The first-order valence-corrected chi connectivity index (χ1v) is 9.11. The zero-order valence-corrected chi connectivity index (χ0v) is 15.8. The SMILES string of the molecule is COc1ccc(S(=O)(=O)NCc2nc(C)cc(N(C)C)n2)cc1C(N)=O. The summed E-state index contributed by atoms with van der Waals surface area (Å²) in [7, 11) is 1.14. The molecule has 3 N–H and O–H groups in total. The summed E-state index contributed by atoms with van der Waals surface area (Å²) < 4.78 is 32.5. The third-order valence-corrected chi connectivity index (χ3v) is 4.91. The summed E-state index contributed by atoms with van der Waals surface area (Å²) in [6.07, 6.45) is 0. The predicted octanol–water partition coefficient (Wildman–Crippen LogP) is 0.437. The number of benzene rings is 1. The Bertz CT molecular complexity index is 928. The molecule has 2 rings (SSSR count). The number of nitrogens with two attached hydrogens (primary N) is 1. The van der Waals surface area contributed by atoms with Crippen molar-refractivity contribution in [2.24, 2.45) is 5.73 Å². The van der Waals surface area contributed by atoms with E-state index in [0.717, 1.165) is 5.69 Å². The minimum absolute atomic E-state index is 0.0166. The largest absolute Gasteiger partial charge is 0.496 e. The molecule has 2 aromatic rings. The fraction of sp³-hybridized carbons (Fsp3) is 0.312. The molecule has 0 saturated carbocycles. The number of nitrogens with one attached hydrogen (secondary N) is 1. The van der Waals surface area contributed by atoms with E-state index in [1.165, 1.54) is 25.3 Å². The highest BCUT2D eigenvalue weighted by atomic mass is 32.2. The average molecular weight is 379 g/mol. The maximum Gasteiger partial charge on any atom is 0.252 e. The summed E-state index contributed by atoms with van der Waals surface area (Å²) in [5.74, 6) is 0.429. The van der Waals surface area contributed by atoms with Crippen molar-refractivity contribution < 1.29 is 17.9 Å². The lowest BCUT2D eigenvalue weighted by Gasteiger charge is -2.14. The van der Waals surface area contributed by atoms with Crippen LogP contribution in [0.25, 0.3) is 0 Å². The van der Waals surface area contributed by atoms with Crippen LogP contribution in [0.1, 0.15) is 21.9 Å². The van der Waals surface area contributed by atoms with Gasteiger partial charge in [0.1, 0.15) is 17.4 Å². The number of anilines is 1. The van der Waals surface area contributed by atoms with Crippen LogP contribution in [0.2, 0.25) is 0 Å². The van der Waals surface area contributed by atoms with E-state index in [9.17, 15) is 13.2 Å². The number of aromatic nitrogens is 2. The number of primary amides is 1. The molecule has 0 aliphatic heterocycles. The summed E-state index contributed by atoms with van der Waals surface area (Å²) in [5, 5.41) is 0. The molecule has 1 heterocycles. The fourth-order valence-electron chi connectivity index (χ4n) is 2.21. The van der Waals surface area contributed by atoms with Crippen molar-refractivity contribution >= 4 is 21.7 Å². The number of rotatable bonds is 7. The fourth-order valence-corrected chi connectivity index (χ4v) is 3.22. The van der Waals surface area contributed by atoms with E-state index in [0.29, 0.717) is 11.6 Å². The van der Waals surface area contributed by atoms with Crippen LogP contribution in [0.5, 0.6) is 5.75 Å². The number of carbonyl (C=O) groups is 1. The van der Waals surface area contributed by atoms with Crippen LogP contribution in [-0.2, 0) is 16.6 Å². The van der Waals surface area contributed by atoms with Gasteiger partial charge >= 0.3 is 0 Å². The second-order valence-electron chi connectivity index (χ2n) is 5.73. The standard InChI is InChI=1S/C16H21N5O4S/c1-10-7-15(21(2)3)20-14(19-10)9-18-26(23,24)11-5-6-13(25-4)12(8-11)16(17)22/h5-8,18H,9H2,1-4H3,(H2,17,22). The van der Waals surface area contributed by atoms with Crippen LogP contribution >= 0.6 is 0 Å². The number of hydrogen-bond acceptors (Lipinski definition) is 7. The Morgan fingerprint density at radius 2 is 1.96 bits per heavy atom. The predicted molar refractivity (Wildman–Crippen MR) is 96.6 cm³/mol. The van der Waals surface area contributed by atoms with Crippen molar-refractivity contribution in [3.63, 3.8) is 0 Å². The monoisotopic (exact) mass is 379 g/mol. The zero-order valence-electron chi connectivity index (χ0n) is 15.0. The average Bonchev–Trinajstić information content (AvgIpc) is 2.58. The van der Waals surface area contributed by atoms with Crippen LogP contribution in [0, 0.1) is 6.92 Å². The Morgan fingerprint density at radius 1 is 1.27 bits per heavy atom. The number of sulfonamides is 1. The number of hydrogen-bond donors (Lipinski definition) is 2. The number of aryl methyl sites for hydroxylation is 1. The van der Waals surface area contributed by atoms with Gasteiger partial charge in [0, 0.05) is 25.9 Å². The van der Waals surface area contributed by atoms with Crippen molar-refractivity contribution in [2.75, 3.05) is 26.1 Å². The van der Waals surface area contributed by atoms with Crippen molar-refractivity contribution in [1.82, 2.24) is 14.7 Å². The van der Waals surface area contributed by atoms with Gasteiger partial charge < -0.3 is 15.4 Å². The first kappa shape index (κ1) is 19.6. The summed E-state index contributed by atoms with van der Waals surface area (Å²) in [5.41, 5.74) is 5.97. The topological polar surface area (TPSA) is 128 Å². The molecule has 0 atom stereocenters. The van der Waals surface area contributed by atoms with Crippen LogP contribution in [0.4, 0.5) is 5.82 Å². The Morgan fingerprint density at radius 3 is 2.54 bits per heavy atom. The molecule has 0 aliphatic carbocycles. The highest BCUT2D eigenvalue weighted by Gasteiger charge is 2.19. The summed E-state index contributed by atoms with van der Waals surface area (Å²) in [4.78, 5) is 21.7. The molecule has 1 amide bonds. The van der Waals surface area contributed by atoms with Crippen molar-refractivity contribution in [1.29, 1.82) is 0 Å². The molecule has 0 radical (unpaired) electrons. The zero-order chi connectivity index (χ0) is 19.5. The second-order valence-corrected chi connectivity index (χ2v) is 7.50. The van der Waals surface area contributed by atoms with E-state index in [1.807, 2.05) is 14.1 Å². The lowest BCUT2D eigenvalue weighted by molar-refractivity contribution is 0.0997. The molecular formula is C16H21N5O4S. The van der Waals surface area contributed by atoms with E-state index < -0.39 is 15.9 Å². The molecule has 26 heavy (non-hydrogen) atoms. The molecule has 0 aliphatic rings. The lowest BCUT2D eigenvalue weighted by atomic mass is 10.2. The van der Waals surface area contributed by atoms with Crippen LogP contribution in [0.15, 0.2) is 29.2 Å². The van der Waals surface area contributed by atoms with Crippen molar-refractivity contribution in [3.05, 3.63) is 41.3 Å². The number of amides is 1. The van der Waals surface area contributed by atoms with Gasteiger partial charge in [0.25, 0.3) is 5.91 Å². The van der Waals surface area contributed by atoms with E-state index in [1.54, 1.807) is 17.9 Å². The molecule has 0 saturated heterocycles. The number of carbonyl (C=O) groups excluding carboxylic acids is 1. The van der Waals surface area contributed by atoms with Gasteiger partial charge in [0.2, 0.25) is 10.0 Å². The van der Waals surface area contributed by atoms with E-state index in [-0.39, 0.29) is 22.8 Å². The molecule has 9 nitrogen and oxygen atoms in total. The van der Waals surface area contributed by atoms with Gasteiger partial charge in [-0.2, -0.15) is 0 Å². The molecule has 1 aromatic carbocycles. The number of ether oxygens (including phenoxy) is 1. The second kappa shape index (κ2) is 7.67. The Labute approximate surface area is 152 Å². The first-order chi connectivity index (χ1) is 12.1. The van der Waals surface area contributed by atoms with Gasteiger partial charge in [-0.3, -0.25) is 4.79 Å². The molecule has 140 valence electrons. The van der Waals surface area contributed by atoms with Crippen molar-refractivity contribution in [3.8, 4) is 5.75 Å². The van der Waals surface area contributed by atoms with E-state index in [4.69, 9.17) is 10.5 Å². The molecule has 0 fully saturated rings. The highest BCUT2D eigenvalue weighted by molar-refractivity contribution is 7.89. The van der Waals surface area contributed by atoms with Crippen molar-refractivity contribution in [2.45, 2.75) is 18.4 Å². The number of methoxy groups -OCH3 is 1. The van der Waals surface area contributed by atoms with E-state index >= 15 is 0 Å². The van der Waals surface area contributed by atoms with E-state index in [2.05, 4.69) is 14.7 Å². The maximum absolute atomic E-state index is 12.5. The summed E-state index contributed by atoms with van der Waals surface area (Å²) in [6, 6.07) is 5.67. The summed E-state index contributed by atoms with van der Waals surface area (Å²) in [6.45, 7) is 1.71. The maximum atomic E-state index is 12.5. The van der Waals surface area contributed by atoms with Crippen LogP contribution < -0.4 is 20.1 Å². The Balaban J connectivity index is 2.27. The third kappa shape index (κ3) is 4.46. The lowest BCUT2D eigenvalue weighted by Crippen LogP contribution is -2.25. The highest BCUT2D eigenvalue weighted by Crippen LogP contribution is 2.22. The van der Waals surface area contributed by atoms with Gasteiger partial charge in [0.15, 0.2) is 0 Å². The smallest absolute Gasteiger partial charge is 0.252 e. The van der Waals surface area contributed by atoms with Gasteiger partial charge in [-0.1, -0.05) is 0 Å². The quantitative estimate of drug-likeness (QED) is 0.714. The molecule has 0 unspecified atom stereocenters. The van der Waals surface area contributed by atoms with Gasteiger partial charge in [-0.25, -0.2) is 23.1 Å². The Kier molecular flexibility index (Phi) is 5.78. The molecule has 0 bridgehead atoms. The third-order valence-electron chi connectivity index (χ3n) is 3.51. The minimum Gasteiger partial charge on any atom is -0.496 e. The molecule has 1 aromatic heterocycles. The van der Waals surface area contributed by atoms with Crippen LogP contribution in [0.3, 0.4) is 0 Å². The molecular weight excluding hydrogens is 358 g/mol. The van der Waals surface area contributed by atoms with Crippen LogP contribution in [-0.4, -0.2) is 45.5 Å². The Hall–Kier alpha value is -2.72. The van der Waals surface area contributed by atoms with Gasteiger partial charge in [-0.05, 0) is 25.1 Å². The first-order valence-electron chi connectivity index (χ1n) is 7.63. The van der Waals surface area contributed by atoms with Gasteiger partial charge in [0.05, 0.1) is 24.1 Å².